The molecule has 2 aliphatic rings. The largest absolute Gasteiger partial charge is 0.483 e. The second-order valence-corrected chi connectivity index (χ2v) is 21.7. The van der Waals surface area contributed by atoms with Crippen molar-refractivity contribution < 1.29 is 56.2 Å². The van der Waals surface area contributed by atoms with Crippen LogP contribution in [0.1, 0.15) is 107 Å². The van der Waals surface area contributed by atoms with Crippen LogP contribution in [0.2, 0.25) is 0 Å². The first-order valence-electron chi connectivity index (χ1n) is 24.8. The standard InChI is InChI=1S/C52H65F4IN8O8S/c1-31-45(74-30-61-31)32-12-13-33(27-60-48(69)40-26-35(66)28-65(40)49(70)46(51(2,3)4)63-50(71)52(56)18-19-52)41(24-32)72-29-42(67)59-22-10-8-6-5-7-9-20-58-21-11-23-73-64-47(68)36-15-16-37(53)43(55)44(36)62-39-17-14-34(57)25-38(39)54/h12-17,24-25,30,35,40,46,58,62,66H,5-11,18-23,26-29H2,1-4H3,(H,59,67)(H,60,69)(H,63,71)(H,64,68)/t35-,40-,46-/m1/s1. The molecule has 7 N–H and O–H groups in total. The molecule has 1 aliphatic heterocycles. The smallest absolute Gasteiger partial charge is 0.277 e. The van der Waals surface area contributed by atoms with Gasteiger partial charge in [0.1, 0.15) is 23.7 Å². The predicted octanol–water partition coefficient (Wildman–Crippen LogP) is 7.67. The van der Waals surface area contributed by atoms with Gasteiger partial charge in [-0.2, -0.15) is 0 Å². The number of β-amino-alcohol motifs (C(OH)–C–C–N with tert-alkyl or cyclic N) is 1. The Hall–Kier alpha value is -5.43. The first kappa shape index (κ1) is 57.8. The summed E-state index contributed by atoms with van der Waals surface area (Å²) in [6, 6.07) is 9.32. The van der Waals surface area contributed by atoms with E-state index in [1.807, 2.05) is 35.6 Å². The number of aryl methyl sites for hydroxylation is 1. The average Bonchev–Trinajstić information content (AvgIpc) is 3.76. The van der Waals surface area contributed by atoms with Crippen LogP contribution in [-0.2, 0) is 30.6 Å². The molecule has 3 aromatic carbocycles. The van der Waals surface area contributed by atoms with Gasteiger partial charge in [0, 0.05) is 35.2 Å². The molecule has 6 rings (SSSR count). The van der Waals surface area contributed by atoms with Crippen LogP contribution >= 0.6 is 33.9 Å². The quantitative estimate of drug-likeness (QED) is 0.0133. The molecule has 0 unspecified atom stereocenters. The van der Waals surface area contributed by atoms with Crippen LogP contribution in [0.5, 0.6) is 5.75 Å². The summed E-state index contributed by atoms with van der Waals surface area (Å²) in [6.07, 6.45) is 5.41. The maximum Gasteiger partial charge on any atom is 0.277 e. The summed E-state index contributed by atoms with van der Waals surface area (Å²) < 4.78 is 64.4. The zero-order valence-electron chi connectivity index (χ0n) is 41.9. The van der Waals surface area contributed by atoms with Crippen LogP contribution in [-0.4, -0.2) is 108 Å². The molecule has 74 heavy (non-hydrogen) atoms. The summed E-state index contributed by atoms with van der Waals surface area (Å²) in [5.74, 6) is -5.95. The number of aliphatic hydroxyl groups excluding tert-OH is 1. The zero-order chi connectivity index (χ0) is 53.6. The van der Waals surface area contributed by atoms with Gasteiger partial charge in [-0.05, 0) is 122 Å². The molecule has 2 heterocycles. The van der Waals surface area contributed by atoms with E-state index >= 15 is 0 Å². The Morgan fingerprint density at radius 2 is 1.64 bits per heavy atom. The number of thiazole rings is 1. The molecule has 3 atom stereocenters. The van der Waals surface area contributed by atoms with E-state index in [4.69, 9.17) is 9.57 Å². The SMILES string of the molecule is Cc1ncsc1-c1ccc(CNC(=O)[C@H]2C[C@@H](O)CN2C(=O)[C@@H](NC(=O)C2(F)CC2)C(C)(C)C)c(OCC(=O)NCCCCCCCCNCCCONC(=O)c2ccc(F)c(F)c2Nc2ccc(I)cc2F)c1. The van der Waals surface area contributed by atoms with Crippen molar-refractivity contribution in [2.75, 3.05) is 44.7 Å². The number of hydrogen-bond donors (Lipinski definition) is 7. The maximum absolute atomic E-state index is 14.7. The van der Waals surface area contributed by atoms with E-state index in [0.717, 1.165) is 73.3 Å². The first-order valence-corrected chi connectivity index (χ1v) is 26.7. The summed E-state index contributed by atoms with van der Waals surface area (Å²) in [5.41, 5.74) is 2.47. The lowest BCUT2D eigenvalue weighted by atomic mass is 9.85. The Kier molecular flexibility index (Phi) is 21.0. The number of nitrogens with one attached hydrogen (secondary N) is 6. The monoisotopic (exact) mass is 1160 g/mol. The third-order valence-corrected chi connectivity index (χ3v) is 14.3. The minimum absolute atomic E-state index is 0.0186. The molecule has 402 valence electrons. The van der Waals surface area contributed by atoms with Crippen LogP contribution < -0.4 is 36.8 Å². The van der Waals surface area contributed by atoms with Crippen LogP contribution in [0.4, 0.5) is 28.9 Å². The number of aliphatic hydroxyl groups is 1. The highest BCUT2D eigenvalue weighted by molar-refractivity contribution is 14.1. The number of benzene rings is 3. The van der Waals surface area contributed by atoms with Gasteiger partial charge in [0.2, 0.25) is 11.8 Å². The van der Waals surface area contributed by atoms with Crippen molar-refractivity contribution in [1.82, 2.24) is 36.6 Å². The van der Waals surface area contributed by atoms with E-state index in [9.17, 15) is 46.6 Å². The fourth-order valence-electron chi connectivity index (χ4n) is 8.23. The Balaban J connectivity index is 0.860. The predicted molar refractivity (Wildman–Crippen MR) is 281 cm³/mol. The van der Waals surface area contributed by atoms with Crippen LogP contribution in [0, 0.1) is 33.4 Å². The molecule has 1 saturated heterocycles. The van der Waals surface area contributed by atoms with Crippen LogP contribution in [0.15, 0.2) is 54.0 Å². The number of unbranched alkanes of at least 4 members (excludes halogenated alkanes) is 5. The van der Waals surface area contributed by atoms with Crippen molar-refractivity contribution in [3.63, 3.8) is 0 Å². The molecule has 4 aromatic rings. The van der Waals surface area contributed by atoms with Crippen LogP contribution in [0.25, 0.3) is 10.4 Å². The highest BCUT2D eigenvalue weighted by atomic mass is 127. The molecule has 1 aliphatic carbocycles. The second-order valence-electron chi connectivity index (χ2n) is 19.6. The average molecular weight is 1170 g/mol. The number of nitrogens with zero attached hydrogens (tertiary/aromatic N) is 2. The van der Waals surface area contributed by atoms with Gasteiger partial charge in [-0.3, -0.25) is 28.8 Å². The zero-order valence-corrected chi connectivity index (χ0v) is 44.9. The molecular weight excluding hydrogens is 1100 g/mol. The number of likely N-dealkylation sites (tertiary alicyclic amines) is 1. The maximum atomic E-state index is 14.7. The summed E-state index contributed by atoms with van der Waals surface area (Å²) in [5, 5.41) is 24.8. The minimum atomic E-state index is -2.00. The van der Waals surface area contributed by atoms with Crippen LogP contribution in [0.3, 0.4) is 0 Å². The molecule has 0 spiro atoms. The van der Waals surface area contributed by atoms with E-state index in [0.29, 0.717) is 34.4 Å². The van der Waals surface area contributed by atoms with Crippen molar-refractivity contribution in [2.45, 2.75) is 122 Å². The lowest BCUT2D eigenvalue weighted by molar-refractivity contribution is -0.145. The fraction of sp³-hybridized carbons (Fsp3) is 0.500. The number of amides is 5. The summed E-state index contributed by atoms with van der Waals surface area (Å²) in [4.78, 5) is 77.8. The molecule has 0 bridgehead atoms. The van der Waals surface area contributed by atoms with Gasteiger partial charge in [-0.1, -0.05) is 58.6 Å². The number of rotatable bonds is 27. The number of carbonyl (C=O) groups is 5. The van der Waals surface area contributed by atoms with Gasteiger partial charge in [0.25, 0.3) is 17.7 Å². The van der Waals surface area contributed by atoms with Crippen molar-refractivity contribution in [3.8, 4) is 16.2 Å². The highest BCUT2D eigenvalue weighted by Crippen LogP contribution is 2.41. The van der Waals surface area contributed by atoms with Gasteiger partial charge in [-0.15, -0.1) is 11.3 Å². The number of anilines is 2. The fourth-order valence-corrected chi connectivity index (χ4v) is 9.49. The van der Waals surface area contributed by atoms with Gasteiger partial charge < -0.3 is 41.3 Å². The Bertz CT molecular complexity index is 2620. The Morgan fingerprint density at radius 3 is 2.32 bits per heavy atom. The van der Waals surface area contributed by atoms with E-state index in [-0.39, 0.29) is 62.7 Å². The van der Waals surface area contributed by atoms with E-state index in [1.165, 1.54) is 28.4 Å². The molecule has 1 aromatic heterocycles. The second kappa shape index (κ2) is 26.9. The van der Waals surface area contributed by atoms with Crippen molar-refractivity contribution in [3.05, 3.63) is 91.9 Å². The van der Waals surface area contributed by atoms with Gasteiger partial charge in [0.15, 0.2) is 23.9 Å². The number of alkyl halides is 1. The van der Waals surface area contributed by atoms with E-state index < -0.39 is 76.0 Å². The first-order chi connectivity index (χ1) is 35.2. The number of carbonyl (C=O) groups excluding carboxylic acids is 5. The van der Waals surface area contributed by atoms with Gasteiger partial charge >= 0.3 is 0 Å². The summed E-state index contributed by atoms with van der Waals surface area (Å²) in [7, 11) is 0. The van der Waals surface area contributed by atoms with Crippen molar-refractivity contribution in [2.24, 2.45) is 5.41 Å². The molecular formula is C52H65F4IN8O8S. The number of aromatic nitrogens is 1. The summed E-state index contributed by atoms with van der Waals surface area (Å²) >= 11 is 3.37. The topological polar surface area (TPSA) is 212 Å². The highest BCUT2D eigenvalue weighted by Gasteiger charge is 2.53. The molecule has 0 radical (unpaired) electrons. The summed E-state index contributed by atoms with van der Waals surface area (Å²) in [6.45, 7) is 8.72. The minimum Gasteiger partial charge on any atom is -0.483 e. The third-order valence-electron chi connectivity index (χ3n) is 12.6. The van der Waals surface area contributed by atoms with E-state index in [1.54, 1.807) is 44.5 Å². The van der Waals surface area contributed by atoms with Gasteiger partial charge in [-0.25, -0.2) is 28.0 Å². The molecule has 2 fully saturated rings. The number of hydrogen-bond acceptors (Lipinski definition) is 12. The number of halogens is 5. The molecule has 1 saturated carbocycles. The normalized spacial score (nSPS) is 16.3. The lowest BCUT2D eigenvalue weighted by Gasteiger charge is -2.35. The Labute approximate surface area is 446 Å². The molecule has 5 amide bonds. The Morgan fingerprint density at radius 1 is 0.919 bits per heavy atom. The number of hydroxylamine groups is 1. The van der Waals surface area contributed by atoms with Gasteiger partial charge in [0.05, 0.1) is 45.7 Å². The van der Waals surface area contributed by atoms with E-state index in [2.05, 4.69) is 37.0 Å². The van der Waals surface area contributed by atoms with Crippen molar-refractivity contribution in [1.29, 1.82) is 0 Å². The molecule has 22 heteroatoms. The lowest BCUT2D eigenvalue weighted by Crippen LogP contribution is -2.59. The number of ether oxygens (including phenoxy) is 1. The third kappa shape index (κ3) is 16.3. The van der Waals surface area contributed by atoms with Crippen molar-refractivity contribution >= 4 is 74.8 Å². The molecule has 16 nitrogen and oxygen atoms in total.